The normalized spacial score (nSPS) is 12.0. The Hall–Kier alpha value is -3.72. The predicted molar refractivity (Wildman–Crippen MR) is 170 cm³/mol. The first kappa shape index (κ1) is 35.8. The minimum Gasteiger partial charge on any atom is -0.491 e. The van der Waals surface area contributed by atoms with E-state index in [0.717, 1.165) is 36.6 Å². The topological polar surface area (TPSA) is 138 Å². The molecular formula is C33H40ClN3O7S. The molecule has 3 rings (SSSR count). The van der Waals surface area contributed by atoms with Crippen molar-refractivity contribution in [2.24, 2.45) is 0 Å². The van der Waals surface area contributed by atoms with Gasteiger partial charge < -0.3 is 18.9 Å². The van der Waals surface area contributed by atoms with Gasteiger partial charge in [-0.05, 0) is 81.5 Å². The van der Waals surface area contributed by atoms with Crippen molar-refractivity contribution < 1.29 is 32.2 Å². The molecule has 0 saturated heterocycles. The molecule has 0 amide bonds. The molecule has 1 aromatic heterocycles. The maximum Gasteiger partial charge on any atom is 0.332 e. The van der Waals surface area contributed by atoms with Crippen LogP contribution in [0.1, 0.15) is 76.3 Å². The first-order chi connectivity index (χ1) is 21.1. The number of rotatable bonds is 15. The number of esters is 1. The predicted octanol–water partition coefficient (Wildman–Crippen LogP) is 6.22. The quantitative estimate of drug-likeness (QED) is 0.105. The summed E-state index contributed by atoms with van der Waals surface area (Å²) in [6, 6.07) is 14.9. The summed E-state index contributed by atoms with van der Waals surface area (Å²) in [6.45, 7) is 10.3. The Morgan fingerprint density at radius 3 is 2.29 bits per heavy atom. The summed E-state index contributed by atoms with van der Waals surface area (Å²) in [5.41, 5.74) is 1.58. The van der Waals surface area contributed by atoms with Gasteiger partial charge in [-0.15, -0.1) is 0 Å². The summed E-state index contributed by atoms with van der Waals surface area (Å²) >= 11 is 6.62. The molecular weight excluding hydrogens is 618 g/mol. The lowest BCUT2D eigenvalue weighted by molar-refractivity contribution is -0.160. The number of halogens is 1. The fraction of sp³-hybridized carbons (Fsp3) is 0.455. The number of carbonyl (C=O) groups is 1. The lowest BCUT2D eigenvalue weighted by Gasteiger charge is -2.27. The summed E-state index contributed by atoms with van der Waals surface area (Å²) in [6.07, 6.45) is 4.75. The molecule has 242 valence electrons. The summed E-state index contributed by atoms with van der Waals surface area (Å²) in [4.78, 5) is 19.5. The zero-order valence-corrected chi connectivity index (χ0v) is 28.1. The number of hydrogen-bond donors (Lipinski definition) is 0. The van der Waals surface area contributed by atoms with E-state index in [2.05, 4.69) is 16.0 Å². The van der Waals surface area contributed by atoms with Gasteiger partial charge in [0.1, 0.15) is 30.6 Å². The second kappa shape index (κ2) is 15.5. The molecule has 0 fully saturated rings. The maximum atomic E-state index is 11.7. The summed E-state index contributed by atoms with van der Waals surface area (Å²) < 4.78 is 45.8. The van der Waals surface area contributed by atoms with Crippen molar-refractivity contribution in [1.82, 2.24) is 9.97 Å². The molecule has 2 aromatic carbocycles. The van der Waals surface area contributed by atoms with Crippen molar-refractivity contribution in [2.75, 3.05) is 26.1 Å². The molecule has 1 heterocycles. The second-order valence-corrected chi connectivity index (χ2v) is 14.4. The van der Waals surface area contributed by atoms with E-state index >= 15 is 0 Å². The number of unbranched alkanes of at least 4 members (excludes halogenated alkanes) is 2. The number of aromatic nitrogens is 2. The average molecular weight is 658 g/mol. The molecule has 45 heavy (non-hydrogen) atoms. The van der Waals surface area contributed by atoms with Gasteiger partial charge in [0.05, 0.1) is 22.9 Å². The first-order valence-electron chi connectivity index (χ1n) is 14.5. The Labute approximate surface area is 270 Å². The summed E-state index contributed by atoms with van der Waals surface area (Å²) in [5, 5.41) is 9.98. The maximum absolute atomic E-state index is 11.7. The Morgan fingerprint density at radius 1 is 0.956 bits per heavy atom. The highest BCUT2D eigenvalue weighted by Crippen LogP contribution is 2.38. The van der Waals surface area contributed by atoms with Gasteiger partial charge in [0.25, 0.3) is 0 Å². The van der Waals surface area contributed by atoms with Crippen molar-refractivity contribution in [2.45, 2.75) is 76.7 Å². The fourth-order valence-corrected chi connectivity index (χ4v) is 5.10. The average Bonchev–Trinajstić information content (AvgIpc) is 2.96. The van der Waals surface area contributed by atoms with Gasteiger partial charge in [-0.25, -0.2) is 23.2 Å². The number of ether oxygens (including phenoxy) is 4. The van der Waals surface area contributed by atoms with Crippen molar-refractivity contribution in [3.8, 4) is 17.6 Å². The van der Waals surface area contributed by atoms with E-state index in [9.17, 15) is 18.5 Å². The van der Waals surface area contributed by atoms with E-state index in [-0.39, 0.29) is 24.3 Å². The van der Waals surface area contributed by atoms with Gasteiger partial charge in [0, 0.05) is 24.5 Å². The zero-order valence-electron chi connectivity index (χ0n) is 26.6. The summed E-state index contributed by atoms with van der Waals surface area (Å²) in [7, 11) is -3.52. The van der Waals surface area contributed by atoms with Crippen LogP contribution < -0.4 is 9.47 Å². The van der Waals surface area contributed by atoms with E-state index in [1.165, 1.54) is 6.20 Å². The van der Waals surface area contributed by atoms with Crippen molar-refractivity contribution in [1.29, 1.82) is 5.26 Å². The van der Waals surface area contributed by atoms with E-state index < -0.39 is 20.9 Å². The monoisotopic (exact) mass is 657 g/mol. The lowest BCUT2D eigenvalue weighted by atomic mass is 9.77. The van der Waals surface area contributed by atoms with Gasteiger partial charge in [-0.3, -0.25) is 0 Å². The number of nitriles is 1. The van der Waals surface area contributed by atoms with Gasteiger partial charge >= 0.3 is 5.97 Å². The highest BCUT2D eigenvalue weighted by atomic mass is 35.5. The van der Waals surface area contributed by atoms with Crippen LogP contribution in [0.3, 0.4) is 0 Å². The third-order valence-corrected chi connectivity index (χ3v) is 7.83. The van der Waals surface area contributed by atoms with E-state index in [4.69, 9.17) is 30.5 Å². The van der Waals surface area contributed by atoms with E-state index in [0.29, 0.717) is 41.0 Å². The molecule has 0 bridgehead atoms. The Kier molecular flexibility index (Phi) is 12.3. The van der Waals surface area contributed by atoms with Crippen LogP contribution in [0, 0.1) is 11.3 Å². The molecule has 0 radical (unpaired) electrons. The number of benzene rings is 2. The second-order valence-electron chi connectivity index (χ2n) is 12.0. The molecule has 0 atom stereocenters. The van der Waals surface area contributed by atoms with Gasteiger partial charge in [-0.1, -0.05) is 37.6 Å². The van der Waals surface area contributed by atoms with Crippen LogP contribution in [-0.2, 0) is 36.1 Å². The molecule has 0 aliphatic heterocycles. The molecule has 0 N–H and O–H groups in total. The van der Waals surface area contributed by atoms with Crippen LogP contribution in [0.2, 0.25) is 5.02 Å². The van der Waals surface area contributed by atoms with E-state index in [1.807, 2.05) is 65.0 Å². The third kappa shape index (κ3) is 11.0. The SMILES string of the molecule is CC(C)(C)OC(=O)COCCCCCOc1c(Cl)cc(C(C)(C)c2ccc(OCc3ccnc(S(C)(=O)=O)n3)cc2)cc1C#N. The number of nitrogens with zero attached hydrogens (tertiary/aromatic N) is 3. The van der Waals surface area contributed by atoms with Crippen molar-refractivity contribution in [3.05, 3.63) is 76.1 Å². The van der Waals surface area contributed by atoms with E-state index in [1.54, 1.807) is 12.1 Å². The number of sulfone groups is 1. The zero-order chi connectivity index (χ0) is 33.3. The minimum absolute atomic E-state index is 0.0741. The third-order valence-electron chi connectivity index (χ3n) is 6.69. The smallest absolute Gasteiger partial charge is 0.332 e. The van der Waals surface area contributed by atoms with Crippen LogP contribution in [0.15, 0.2) is 53.8 Å². The van der Waals surface area contributed by atoms with Crippen molar-refractivity contribution >= 4 is 27.4 Å². The number of hydrogen-bond acceptors (Lipinski definition) is 10. The van der Waals surface area contributed by atoms with Gasteiger partial charge in [0.15, 0.2) is 5.75 Å². The highest BCUT2D eigenvalue weighted by molar-refractivity contribution is 7.90. The molecule has 0 aliphatic rings. The van der Waals surface area contributed by atoms with Crippen LogP contribution in [-0.4, -0.2) is 56.0 Å². The lowest BCUT2D eigenvalue weighted by Crippen LogP contribution is -2.26. The standard InChI is InChI=1S/C33H40ClN3O7S/c1-32(2,3)44-29(38)22-41-16-8-7-9-17-42-30-23(20-35)18-25(19-28(30)34)33(4,5)24-10-12-27(13-11-24)43-21-26-14-15-36-31(37-26)45(6,39)40/h10-15,18-19H,7-9,16-17,21-22H2,1-6H3. The van der Waals surface area contributed by atoms with Gasteiger partial charge in [-0.2, -0.15) is 5.26 Å². The Balaban J connectivity index is 1.54. The Bertz CT molecular complexity index is 1610. The molecule has 0 saturated carbocycles. The number of carbonyl (C=O) groups excluding carboxylic acids is 1. The molecule has 0 unspecified atom stereocenters. The van der Waals surface area contributed by atoms with Crippen LogP contribution in [0.4, 0.5) is 0 Å². The highest BCUT2D eigenvalue weighted by Gasteiger charge is 2.26. The first-order valence-corrected chi connectivity index (χ1v) is 16.8. The van der Waals surface area contributed by atoms with Crippen molar-refractivity contribution in [3.63, 3.8) is 0 Å². The molecule has 12 heteroatoms. The van der Waals surface area contributed by atoms with Gasteiger partial charge in [0.2, 0.25) is 15.0 Å². The summed E-state index contributed by atoms with van der Waals surface area (Å²) in [5.74, 6) is 0.556. The van der Waals surface area contributed by atoms with Crippen LogP contribution in [0.5, 0.6) is 11.5 Å². The molecule has 0 aliphatic carbocycles. The minimum atomic E-state index is -3.52. The molecule has 0 spiro atoms. The van der Waals surface area contributed by atoms with Crippen LogP contribution >= 0.6 is 11.6 Å². The Morgan fingerprint density at radius 2 is 1.64 bits per heavy atom. The van der Waals surface area contributed by atoms with Crippen LogP contribution in [0.25, 0.3) is 0 Å². The fourth-order valence-electron chi connectivity index (χ4n) is 4.29. The molecule has 10 nitrogen and oxygen atoms in total. The molecule has 3 aromatic rings. The largest absolute Gasteiger partial charge is 0.491 e.